The van der Waals surface area contributed by atoms with E-state index in [0.717, 1.165) is 23.5 Å². The van der Waals surface area contributed by atoms with Crippen molar-refractivity contribution in [3.63, 3.8) is 0 Å². The van der Waals surface area contributed by atoms with Crippen LogP contribution in [0.3, 0.4) is 0 Å². The molecule has 0 saturated heterocycles. The molecule has 17 heavy (non-hydrogen) atoms. The van der Waals surface area contributed by atoms with E-state index in [4.69, 9.17) is 4.74 Å². The number of rotatable bonds is 6. The minimum atomic E-state index is -0.312. The van der Waals surface area contributed by atoms with Crippen molar-refractivity contribution in [2.45, 2.75) is 44.6 Å². The average Bonchev–Trinajstić information content (AvgIpc) is 2.35. The third-order valence-corrected chi connectivity index (χ3v) is 3.85. The zero-order valence-electron chi connectivity index (χ0n) is 11.3. The fourth-order valence-corrected chi connectivity index (χ4v) is 2.67. The first-order chi connectivity index (χ1) is 8.06. The van der Waals surface area contributed by atoms with E-state index >= 15 is 0 Å². The van der Waals surface area contributed by atoms with Crippen LogP contribution in [0.4, 0.5) is 0 Å². The largest absolute Gasteiger partial charge is 0.462 e. The number of nitrogens with zero attached hydrogens (tertiary/aromatic N) is 1. The number of carbonyl (C=O) groups is 1. The summed E-state index contributed by atoms with van der Waals surface area (Å²) in [6, 6.07) is 0.791. The van der Waals surface area contributed by atoms with E-state index in [1.54, 1.807) is 0 Å². The lowest BCUT2D eigenvalue weighted by atomic mass is 9.93. The maximum atomic E-state index is 10.9. The molecule has 1 fully saturated rings. The van der Waals surface area contributed by atoms with Gasteiger partial charge in [-0.2, -0.15) is 0 Å². The molecule has 0 heterocycles. The molecule has 3 nitrogen and oxygen atoms in total. The molecule has 0 aromatic rings. The SMILES string of the molecule is C=CC(=O)OCCC[N+](C)(C)C1CCCCC1. The first kappa shape index (κ1) is 14.2. The standard InChI is InChI=1S/C14H26NO2/c1-4-14(16)17-12-8-11-15(2,3)13-9-6-5-7-10-13/h4,13H,1,5-12H2,2-3H3/q+1. The Hall–Kier alpha value is -0.830. The number of esters is 1. The van der Waals surface area contributed by atoms with Crippen molar-refractivity contribution in [1.82, 2.24) is 0 Å². The van der Waals surface area contributed by atoms with Crippen molar-refractivity contribution in [3.8, 4) is 0 Å². The molecule has 98 valence electrons. The van der Waals surface area contributed by atoms with Crippen LogP contribution in [-0.4, -0.2) is 43.7 Å². The Morgan fingerprint density at radius 1 is 1.35 bits per heavy atom. The topological polar surface area (TPSA) is 26.3 Å². The third kappa shape index (κ3) is 4.90. The summed E-state index contributed by atoms with van der Waals surface area (Å²) in [5.74, 6) is -0.312. The van der Waals surface area contributed by atoms with Gasteiger partial charge in [-0.25, -0.2) is 4.79 Å². The summed E-state index contributed by atoms with van der Waals surface area (Å²) in [5, 5.41) is 0. The van der Waals surface area contributed by atoms with E-state index in [1.165, 1.54) is 38.2 Å². The quantitative estimate of drug-likeness (QED) is 0.309. The van der Waals surface area contributed by atoms with Gasteiger partial charge in [0.15, 0.2) is 0 Å². The lowest BCUT2D eigenvalue weighted by molar-refractivity contribution is -0.916. The molecule has 0 amide bonds. The Balaban J connectivity index is 2.23. The summed E-state index contributed by atoms with van der Waals surface area (Å²) >= 11 is 0. The van der Waals surface area contributed by atoms with Crippen molar-refractivity contribution in [2.24, 2.45) is 0 Å². The molecule has 0 N–H and O–H groups in total. The van der Waals surface area contributed by atoms with E-state index in [9.17, 15) is 4.79 Å². The van der Waals surface area contributed by atoms with Crippen LogP contribution in [-0.2, 0) is 9.53 Å². The van der Waals surface area contributed by atoms with Gasteiger partial charge in [0, 0.05) is 12.5 Å². The number of hydrogen-bond acceptors (Lipinski definition) is 2. The average molecular weight is 240 g/mol. The van der Waals surface area contributed by atoms with Crippen LogP contribution < -0.4 is 0 Å². The van der Waals surface area contributed by atoms with Crippen LogP contribution in [0.5, 0.6) is 0 Å². The van der Waals surface area contributed by atoms with Gasteiger partial charge >= 0.3 is 5.97 Å². The summed E-state index contributed by atoms with van der Waals surface area (Å²) in [6.45, 7) is 4.97. The van der Waals surface area contributed by atoms with Gasteiger partial charge in [0.25, 0.3) is 0 Å². The zero-order chi connectivity index (χ0) is 12.7. The Morgan fingerprint density at radius 3 is 2.59 bits per heavy atom. The Bertz CT molecular complexity index is 255. The molecule has 0 aromatic heterocycles. The molecule has 3 heteroatoms. The van der Waals surface area contributed by atoms with Crippen LogP contribution >= 0.6 is 0 Å². The maximum Gasteiger partial charge on any atom is 0.330 e. The Morgan fingerprint density at radius 2 is 2.00 bits per heavy atom. The summed E-state index contributed by atoms with van der Waals surface area (Å²) in [6.07, 6.45) is 8.99. The van der Waals surface area contributed by atoms with Crippen molar-refractivity contribution in [3.05, 3.63) is 12.7 Å². The molecule has 1 aliphatic carbocycles. The van der Waals surface area contributed by atoms with Gasteiger partial charge in [0.2, 0.25) is 0 Å². The Labute approximate surface area is 105 Å². The van der Waals surface area contributed by atoms with Gasteiger partial charge in [-0.15, -0.1) is 0 Å². The number of hydrogen-bond donors (Lipinski definition) is 0. The van der Waals surface area contributed by atoms with E-state index < -0.39 is 0 Å². The summed E-state index contributed by atoms with van der Waals surface area (Å²) < 4.78 is 6.07. The first-order valence-electron chi connectivity index (χ1n) is 6.68. The second-order valence-corrected chi connectivity index (χ2v) is 5.52. The maximum absolute atomic E-state index is 10.9. The zero-order valence-corrected chi connectivity index (χ0v) is 11.3. The van der Waals surface area contributed by atoms with E-state index in [1.807, 2.05) is 0 Å². The minimum absolute atomic E-state index is 0.312. The van der Waals surface area contributed by atoms with Crippen molar-refractivity contribution < 1.29 is 14.0 Å². The highest BCUT2D eigenvalue weighted by atomic mass is 16.5. The fraction of sp³-hybridized carbons (Fsp3) is 0.786. The van der Waals surface area contributed by atoms with Gasteiger partial charge in [0.1, 0.15) is 0 Å². The number of ether oxygens (including phenoxy) is 1. The molecule has 1 aliphatic rings. The summed E-state index contributed by atoms with van der Waals surface area (Å²) in [5.41, 5.74) is 0. The highest BCUT2D eigenvalue weighted by Crippen LogP contribution is 2.25. The van der Waals surface area contributed by atoms with Gasteiger partial charge in [0.05, 0.1) is 33.3 Å². The van der Waals surface area contributed by atoms with Crippen molar-refractivity contribution in [2.75, 3.05) is 27.2 Å². The predicted octanol–water partition coefficient (Wildman–Crippen LogP) is 2.51. The van der Waals surface area contributed by atoms with E-state index in [0.29, 0.717) is 6.61 Å². The molecule has 1 rings (SSSR count). The highest BCUT2D eigenvalue weighted by molar-refractivity contribution is 5.81. The monoisotopic (exact) mass is 240 g/mol. The van der Waals surface area contributed by atoms with Crippen LogP contribution in [0.2, 0.25) is 0 Å². The predicted molar refractivity (Wildman–Crippen MR) is 69.6 cm³/mol. The summed E-state index contributed by atoms with van der Waals surface area (Å²) in [7, 11) is 4.59. The molecule has 0 bridgehead atoms. The minimum Gasteiger partial charge on any atom is -0.462 e. The molecule has 0 aromatic carbocycles. The molecular formula is C14H26NO2+. The van der Waals surface area contributed by atoms with Crippen molar-refractivity contribution in [1.29, 1.82) is 0 Å². The van der Waals surface area contributed by atoms with Gasteiger partial charge in [-0.05, 0) is 25.7 Å². The second-order valence-electron chi connectivity index (χ2n) is 5.52. The molecule has 0 radical (unpaired) electrons. The lowest BCUT2D eigenvalue weighted by Gasteiger charge is -2.40. The molecule has 1 saturated carbocycles. The van der Waals surface area contributed by atoms with Crippen LogP contribution in [0, 0.1) is 0 Å². The Kier molecular flexibility index (Phi) is 5.69. The molecular weight excluding hydrogens is 214 g/mol. The number of carbonyl (C=O) groups excluding carboxylic acids is 1. The fourth-order valence-electron chi connectivity index (χ4n) is 2.67. The summed E-state index contributed by atoms with van der Waals surface area (Å²) in [4.78, 5) is 10.9. The highest BCUT2D eigenvalue weighted by Gasteiger charge is 2.29. The van der Waals surface area contributed by atoms with Gasteiger partial charge in [-0.1, -0.05) is 13.0 Å². The molecule has 0 unspecified atom stereocenters. The van der Waals surface area contributed by atoms with Gasteiger partial charge in [-0.3, -0.25) is 0 Å². The number of quaternary nitrogens is 1. The van der Waals surface area contributed by atoms with E-state index in [-0.39, 0.29) is 5.97 Å². The lowest BCUT2D eigenvalue weighted by Crippen LogP contribution is -2.50. The smallest absolute Gasteiger partial charge is 0.330 e. The van der Waals surface area contributed by atoms with Crippen molar-refractivity contribution >= 4 is 5.97 Å². The normalized spacial score (nSPS) is 17.8. The van der Waals surface area contributed by atoms with Crippen LogP contribution in [0.1, 0.15) is 38.5 Å². The molecule has 0 atom stereocenters. The van der Waals surface area contributed by atoms with Crippen LogP contribution in [0.15, 0.2) is 12.7 Å². The van der Waals surface area contributed by atoms with Gasteiger partial charge < -0.3 is 9.22 Å². The molecule has 0 spiro atoms. The third-order valence-electron chi connectivity index (χ3n) is 3.85. The van der Waals surface area contributed by atoms with Crippen LogP contribution in [0.25, 0.3) is 0 Å². The first-order valence-corrected chi connectivity index (χ1v) is 6.68. The van der Waals surface area contributed by atoms with E-state index in [2.05, 4.69) is 20.7 Å². The second kappa shape index (κ2) is 6.80. The molecule has 0 aliphatic heterocycles.